The first-order valence-corrected chi connectivity index (χ1v) is 7.00. The maximum Gasteiger partial charge on any atom is 0.311 e. The summed E-state index contributed by atoms with van der Waals surface area (Å²) in [5.74, 6) is 2.00. The molecule has 1 saturated carbocycles. The highest BCUT2D eigenvalue weighted by Gasteiger charge is 2.18. The third-order valence-corrected chi connectivity index (χ3v) is 3.96. The molecule has 1 N–H and O–H groups in total. The highest BCUT2D eigenvalue weighted by molar-refractivity contribution is 5.54. The topological polar surface area (TPSA) is 68.1 Å². The Labute approximate surface area is 113 Å². The second-order valence-electron chi connectivity index (χ2n) is 5.47. The molecule has 1 aliphatic carbocycles. The van der Waals surface area contributed by atoms with Crippen LogP contribution in [-0.2, 0) is 0 Å². The Morgan fingerprint density at radius 1 is 1.42 bits per heavy atom. The third kappa shape index (κ3) is 3.91. The third-order valence-electron chi connectivity index (χ3n) is 3.96. The van der Waals surface area contributed by atoms with Crippen molar-refractivity contribution in [1.29, 1.82) is 0 Å². The monoisotopic (exact) mass is 263 g/mol. The van der Waals surface area contributed by atoms with Gasteiger partial charge in [-0.3, -0.25) is 10.1 Å². The van der Waals surface area contributed by atoms with E-state index < -0.39 is 4.92 Å². The number of hydrogen-bond donors (Lipinski definition) is 1. The molecule has 0 unspecified atom stereocenters. The molecule has 0 aliphatic heterocycles. The van der Waals surface area contributed by atoms with Crippen LogP contribution in [0.2, 0.25) is 0 Å². The van der Waals surface area contributed by atoms with E-state index >= 15 is 0 Å². The molecule has 1 aromatic heterocycles. The van der Waals surface area contributed by atoms with E-state index in [-0.39, 0.29) is 5.69 Å². The quantitative estimate of drug-likeness (QED) is 0.650. The maximum absolute atomic E-state index is 10.8. The predicted molar refractivity (Wildman–Crippen MR) is 75.1 cm³/mol. The fourth-order valence-electron chi connectivity index (χ4n) is 2.69. The summed E-state index contributed by atoms with van der Waals surface area (Å²) in [6, 6.07) is 3.07. The Hall–Kier alpha value is -1.65. The zero-order valence-electron chi connectivity index (χ0n) is 11.3. The number of anilines is 1. The van der Waals surface area contributed by atoms with Gasteiger partial charge in [-0.1, -0.05) is 32.6 Å². The second-order valence-corrected chi connectivity index (χ2v) is 5.47. The molecule has 5 heteroatoms. The van der Waals surface area contributed by atoms with E-state index in [2.05, 4.69) is 17.2 Å². The number of rotatable bonds is 5. The molecule has 1 fully saturated rings. The SMILES string of the molecule is CC1CCC(CCNc2ncccc2[N+](=O)[O-])CC1. The second kappa shape index (κ2) is 6.50. The lowest BCUT2D eigenvalue weighted by Crippen LogP contribution is -2.16. The van der Waals surface area contributed by atoms with Crippen LogP contribution >= 0.6 is 0 Å². The van der Waals surface area contributed by atoms with Crippen molar-refractivity contribution in [3.63, 3.8) is 0 Å². The first kappa shape index (κ1) is 13.8. The summed E-state index contributed by atoms with van der Waals surface area (Å²) in [4.78, 5) is 14.5. The van der Waals surface area contributed by atoms with Gasteiger partial charge in [-0.25, -0.2) is 4.98 Å². The Kier molecular flexibility index (Phi) is 4.71. The molecule has 0 spiro atoms. The molecule has 104 valence electrons. The van der Waals surface area contributed by atoms with Crippen molar-refractivity contribution in [2.45, 2.75) is 39.0 Å². The van der Waals surface area contributed by atoms with Crippen LogP contribution in [0.3, 0.4) is 0 Å². The van der Waals surface area contributed by atoms with Gasteiger partial charge in [-0.05, 0) is 24.3 Å². The molecule has 2 rings (SSSR count). The maximum atomic E-state index is 10.8. The van der Waals surface area contributed by atoms with E-state index in [4.69, 9.17) is 0 Å². The average Bonchev–Trinajstić information content (AvgIpc) is 2.41. The molecule has 0 saturated heterocycles. The van der Waals surface area contributed by atoms with Gasteiger partial charge in [0, 0.05) is 18.8 Å². The van der Waals surface area contributed by atoms with Gasteiger partial charge < -0.3 is 5.32 Å². The highest BCUT2D eigenvalue weighted by atomic mass is 16.6. The molecule has 0 amide bonds. The Bertz CT molecular complexity index is 428. The van der Waals surface area contributed by atoms with Crippen molar-refractivity contribution in [3.05, 3.63) is 28.4 Å². The number of nitrogens with one attached hydrogen (secondary N) is 1. The molecule has 1 aliphatic rings. The van der Waals surface area contributed by atoms with Crippen molar-refractivity contribution in [2.75, 3.05) is 11.9 Å². The fourth-order valence-corrected chi connectivity index (χ4v) is 2.69. The molecule has 0 bridgehead atoms. The average molecular weight is 263 g/mol. The van der Waals surface area contributed by atoms with E-state index in [1.807, 2.05) is 0 Å². The minimum absolute atomic E-state index is 0.0553. The lowest BCUT2D eigenvalue weighted by atomic mass is 9.81. The van der Waals surface area contributed by atoms with Gasteiger partial charge in [0.1, 0.15) is 0 Å². The molecule has 0 radical (unpaired) electrons. The zero-order valence-corrected chi connectivity index (χ0v) is 11.3. The minimum Gasteiger partial charge on any atom is -0.364 e. The fraction of sp³-hybridized carbons (Fsp3) is 0.643. The number of nitro groups is 1. The van der Waals surface area contributed by atoms with Crippen LogP contribution in [-0.4, -0.2) is 16.5 Å². The molecule has 19 heavy (non-hydrogen) atoms. The van der Waals surface area contributed by atoms with E-state index in [0.717, 1.165) is 24.8 Å². The summed E-state index contributed by atoms with van der Waals surface area (Å²) in [5, 5.41) is 13.9. The number of pyridine rings is 1. The van der Waals surface area contributed by atoms with Crippen molar-refractivity contribution in [3.8, 4) is 0 Å². The van der Waals surface area contributed by atoms with Crippen LogP contribution < -0.4 is 5.32 Å². The van der Waals surface area contributed by atoms with Gasteiger partial charge in [0.25, 0.3) is 0 Å². The Morgan fingerprint density at radius 2 is 2.16 bits per heavy atom. The van der Waals surface area contributed by atoms with Crippen molar-refractivity contribution >= 4 is 11.5 Å². The lowest BCUT2D eigenvalue weighted by molar-refractivity contribution is -0.384. The van der Waals surface area contributed by atoms with Crippen LogP contribution in [0.5, 0.6) is 0 Å². The molecule has 0 atom stereocenters. The summed E-state index contributed by atoms with van der Waals surface area (Å²) in [6.07, 6.45) is 7.85. The van der Waals surface area contributed by atoms with Crippen LogP contribution in [0.25, 0.3) is 0 Å². The van der Waals surface area contributed by atoms with E-state index in [9.17, 15) is 10.1 Å². The van der Waals surface area contributed by atoms with Gasteiger partial charge in [-0.2, -0.15) is 0 Å². The van der Waals surface area contributed by atoms with Crippen molar-refractivity contribution in [1.82, 2.24) is 4.98 Å². The highest BCUT2D eigenvalue weighted by Crippen LogP contribution is 2.30. The summed E-state index contributed by atoms with van der Waals surface area (Å²) >= 11 is 0. The first-order valence-electron chi connectivity index (χ1n) is 7.00. The van der Waals surface area contributed by atoms with Gasteiger partial charge in [0.05, 0.1) is 4.92 Å². The molecule has 5 nitrogen and oxygen atoms in total. The molecular formula is C14H21N3O2. The molecule has 1 heterocycles. The van der Waals surface area contributed by atoms with Gasteiger partial charge >= 0.3 is 5.69 Å². The summed E-state index contributed by atoms with van der Waals surface area (Å²) in [7, 11) is 0. The molecule has 0 aromatic carbocycles. The van der Waals surface area contributed by atoms with Crippen LogP contribution in [0.1, 0.15) is 39.0 Å². The lowest BCUT2D eigenvalue weighted by Gasteiger charge is -2.26. The minimum atomic E-state index is -0.391. The molecular weight excluding hydrogens is 242 g/mol. The normalized spacial score (nSPS) is 23.0. The summed E-state index contributed by atoms with van der Waals surface area (Å²) < 4.78 is 0. The number of aromatic nitrogens is 1. The summed E-state index contributed by atoms with van der Waals surface area (Å²) in [5.41, 5.74) is 0.0553. The van der Waals surface area contributed by atoms with E-state index in [0.29, 0.717) is 5.82 Å². The van der Waals surface area contributed by atoms with Gasteiger partial charge in [0.2, 0.25) is 5.82 Å². The Balaban J connectivity index is 1.81. The van der Waals surface area contributed by atoms with Crippen LogP contribution in [0.4, 0.5) is 11.5 Å². The van der Waals surface area contributed by atoms with Crippen LogP contribution in [0.15, 0.2) is 18.3 Å². The zero-order chi connectivity index (χ0) is 13.7. The molecule has 1 aromatic rings. The number of nitrogens with zero attached hydrogens (tertiary/aromatic N) is 2. The van der Waals surface area contributed by atoms with Crippen molar-refractivity contribution in [2.24, 2.45) is 11.8 Å². The standard InChI is InChI=1S/C14H21N3O2/c1-11-4-6-12(7-5-11)8-10-16-14-13(17(18)19)3-2-9-15-14/h2-3,9,11-12H,4-8,10H2,1H3,(H,15,16). The largest absolute Gasteiger partial charge is 0.364 e. The van der Waals surface area contributed by atoms with E-state index in [1.165, 1.54) is 31.7 Å². The van der Waals surface area contributed by atoms with E-state index in [1.54, 1.807) is 12.3 Å². The predicted octanol–water partition coefficient (Wildman–Crippen LogP) is 3.62. The van der Waals surface area contributed by atoms with Gasteiger partial charge in [-0.15, -0.1) is 0 Å². The Morgan fingerprint density at radius 3 is 2.84 bits per heavy atom. The smallest absolute Gasteiger partial charge is 0.311 e. The van der Waals surface area contributed by atoms with Crippen molar-refractivity contribution < 1.29 is 4.92 Å². The summed E-state index contributed by atoms with van der Waals surface area (Å²) in [6.45, 7) is 3.07. The first-order chi connectivity index (χ1) is 9.16. The van der Waals surface area contributed by atoms with Gasteiger partial charge in [0.15, 0.2) is 0 Å². The van der Waals surface area contributed by atoms with Crippen LogP contribution in [0, 0.1) is 22.0 Å². The number of hydrogen-bond acceptors (Lipinski definition) is 4.